The molecule has 1 aliphatic rings. The molecule has 1 fully saturated rings. The van der Waals surface area contributed by atoms with Crippen molar-refractivity contribution in [3.05, 3.63) is 35.9 Å². The third-order valence-electron chi connectivity index (χ3n) is 4.63. The van der Waals surface area contributed by atoms with Gasteiger partial charge in [0.15, 0.2) is 0 Å². The minimum atomic E-state index is 0.350. The molecule has 0 aromatic carbocycles. The van der Waals surface area contributed by atoms with Crippen LogP contribution in [0.1, 0.15) is 50.9 Å². The van der Waals surface area contributed by atoms with Crippen molar-refractivity contribution in [3.63, 3.8) is 0 Å². The molecule has 24 heavy (non-hydrogen) atoms. The Morgan fingerprint density at radius 1 is 1.21 bits per heavy atom. The Kier molecular flexibility index (Phi) is 4.77. The SMILES string of the molecule is Cc1cc(-c2cnn(C)c2)cc([C@H]2CCCN(CC(C)(C)C)C2)n1. The second-order valence-corrected chi connectivity index (χ2v) is 8.46. The lowest BCUT2D eigenvalue weighted by Gasteiger charge is -2.36. The minimum absolute atomic E-state index is 0.350. The van der Waals surface area contributed by atoms with E-state index in [9.17, 15) is 0 Å². The van der Waals surface area contributed by atoms with Gasteiger partial charge in [-0.15, -0.1) is 0 Å². The molecule has 3 heterocycles. The summed E-state index contributed by atoms with van der Waals surface area (Å²) in [7, 11) is 1.96. The third-order valence-corrected chi connectivity index (χ3v) is 4.63. The predicted octanol–water partition coefficient (Wildman–Crippen LogP) is 4.02. The standard InChI is InChI=1S/C20H30N4/c1-15-9-17(18-11-21-23(5)12-18)10-19(22-15)16-7-6-8-24(13-16)14-20(2,3)4/h9-12,16H,6-8,13-14H2,1-5H3/t16-/m0/s1. The van der Waals surface area contributed by atoms with Crippen LogP contribution in [0.25, 0.3) is 11.1 Å². The zero-order chi connectivity index (χ0) is 17.3. The highest BCUT2D eigenvalue weighted by Gasteiger charge is 2.25. The van der Waals surface area contributed by atoms with Crippen LogP contribution in [0, 0.1) is 12.3 Å². The van der Waals surface area contributed by atoms with Gasteiger partial charge >= 0.3 is 0 Å². The molecule has 130 valence electrons. The van der Waals surface area contributed by atoms with Gasteiger partial charge in [-0.25, -0.2) is 0 Å². The maximum Gasteiger partial charge on any atom is 0.0568 e. The number of nitrogens with zero attached hydrogens (tertiary/aromatic N) is 4. The van der Waals surface area contributed by atoms with Crippen LogP contribution in [0.5, 0.6) is 0 Å². The van der Waals surface area contributed by atoms with Crippen molar-refractivity contribution in [2.75, 3.05) is 19.6 Å². The zero-order valence-electron chi connectivity index (χ0n) is 15.7. The van der Waals surface area contributed by atoms with Gasteiger partial charge in [0, 0.05) is 49.2 Å². The molecular weight excluding hydrogens is 296 g/mol. The lowest BCUT2D eigenvalue weighted by molar-refractivity contribution is 0.149. The monoisotopic (exact) mass is 326 g/mol. The number of aryl methyl sites for hydroxylation is 2. The lowest BCUT2D eigenvalue weighted by atomic mass is 9.90. The number of piperidine rings is 1. The van der Waals surface area contributed by atoms with Gasteiger partial charge < -0.3 is 4.90 Å². The van der Waals surface area contributed by atoms with E-state index in [-0.39, 0.29) is 0 Å². The summed E-state index contributed by atoms with van der Waals surface area (Å²) in [6.45, 7) is 12.6. The fraction of sp³-hybridized carbons (Fsp3) is 0.600. The summed E-state index contributed by atoms with van der Waals surface area (Å²) in [4.78, 5) is 7.48. The van der Waals surface area contributed by atoms with Crippen LogP contribution in [-0.4, -0.2) is 39.3 Å². The lowest BCUT2D eigenvalue weighted by Crippen LogP contribution is -2.39. The molecule has 0 N–H and O–H groups in total. The summed E-state index contributed by atoms with van der Waals surface area (Å²) >= 11 is 0. The molecule has 4 heteroatoms. The summed E-state index contributed by atoms with van der Waals surface area (Å²) in [5.74, 6) is 0.538. The van der Waals surface area contributed by atoms with Gasteiger partial charge in [0.25, 0.3) is 0 Å². The highest BCUT2D eigenvalue weighted by molar-refractivity contribution is 5.62. The fourth-order valence-corrected chi connectivity index (χ4v) is 3.75. The van der Waals surface area contributed by atoms with Gasteiger partial charge in [-0.3, -0.25) is 9.67 Å². The van der Waals surface area contributed by atoms with E-state index in [0.717, 1.165) is 18.8 Å². The van der Waals surface area contributed by atoms with Crippen LogP contribution < -0.4 is 0 Å². The van der Waals surface area contributed by atoms with E-state index in [1.54, 1.807) is 0 Å². The maximum atomic E-state index is 4.87. The molecule has 1 saturated heterocycles. The van der Waals surface area contributed by atoms with E-state index in [1.807, 2.05) is 17.9 Å². The van der Waals surface area contributed by atoms with E-state index >= 15 is 0 Å². The van der Waals surface area contributed by atoms with Crippen molar-refractivity contribution < 1.29 is 0 Å². The molecule has 3 rings (SSSR count). The zero-order valence-corrected chi connectivity index (χ0v) is 15.7. The summed E-state index contributed by atoms with van der Waals surface area (Å²) in [6, 6.07) is 4.44. The van der Waals surface area contributed by atoms with Gasteiger partial charge in [0.2, 0.25) is 0 Å². The Labute approximate surface area is 145 Å². The molecule has 0 bridgehead atoms. The largest absolute Gasteiger partial charge is 0.302 e. The maximum absolute atomic E-state index is 4.87. The van der Waals surface area contributed by atoms with Gasteiger partial charge in [-0.2, -0.15) is 5.10 Å². The molecule has 0 aliphatic carbocycles. The number of likely N-dealkylation sites (tertiary alicyclic amines) is 1. The van der Waals surface area contributed by atoms with Crippen LogP contribution in [0.4, 0.5) is 0 Å². The minimum Gasteiger partial charge on any atom is -0.302 e. The van der Waals surface area contributed by atoms with Crippen LogP contribution in [0.2, 0.25) is 0 Å². The molecule has 2 aromatic rings. The van der Waals surface area contributed by atoms with Gasteiger partial charge in [-0.1, -0.05) is 20.8 Å². The van der Waals surface area contributed by atoms with E-state index in [1.165, 1.54) is 36.2 Å². The van der Waals surface area contributed by atoms with Crippen LogP contribution in [0.15, 0.2) is 24.5 Å². The molecule has 0 saturated carbocycles. The Bertz CT molecular complexity index is 696. The van der Waals surface area contributed by atoms with E-state index < -0.39 is 0 Å². The smallest absolute Gasteiger partial charge is 0.0568 e. The second kappa shape index (κ2) is 6.67. The first-order valence-electron chi connectivity index (χ1n) is 9.00. The van der Waals surface area contributed by atoms with E-state index in [0.29, 0.717) is 11.3 Å². The van der Waals surface area contributed by atoms with Crippen molar-refractivity contribution >= 4 is 0 Å². The molecule has 0 radical (unpaired) electrons. The molecular formula is C20H30N4. The summed E-state index contributed by atoms with van der Waals surface area (Å²) in [6.07, 6.45) is 6.51. The third kappa shape index (κ3) is 4.23. The fourth-order valence-electron chi connectivity index (χ4n) is 3.75. The Balaban J connectivity index is 1.82. The summed E-state index contributed by atoms with van der Waals surface area (Å²) < 4.78 is 1.86. The van der Waals surface area contributed by atoms with Crippen molar-refractivity contribution in [2.24, 2.45) is 12.5 Å². The van der Waals surface area contributed by atoms with Crippen LogP contribution in [0.3, 0.4) is 0 Å². The number of pyridine rings is 1. The van der Waals surface area contributed by atoms with Crippen LogP contribution in [-0.2, 0) is 7.05 Å². The van der Waals surface area contributed by atoms with Gasteiger partial charge in [0.1, 0.15) is 0 Å². The van der Waals surface area contributed by atoms with Crippen molar-refractivity contribution in [3.8, 4) is 11.1 Å². The first-order valence-corrected chi connectivity index (χ1v) is 9.00. The molecule has 0 amide bonds. The normalized spacial score (nSPS) is 19.6. The Morgan fingerprint density at radius 2 is 2.00 bits per heavy atom. The average molecular weight is 326 g/mol. The molecule has 1 atom stereocenters. The molecule has 4 nitrogen and oxygen atoms in total. The van der Waals surface area contributed by atoms with Crippen molar-refractivity contribution in [2.45, 2.75) is 46.5 Å². The van der Waals surface area contributed by atoms with E-state index in [4.69, 9.17) is 4.98 Å². The molecule has 1 aliphatic heterocycles. The van der Waals surface area contributed by atoms with Gasteiger partial charge in [-0.05, 0) is 49.4 Å². The molecule has 0 unspecified atom stereocenters. The summed E-state index contributed by atoms with van der Waals surface area (Å²) in [5, 5.41) is 4.31. The number of hydrogen-bond acceptors (Lipinski definition) is 3. The highest BCUT2D eigenvalue weighted by atomic mass is 15.2. The summed E-state index contributed by atoms with van der Waals surface area (Å²) in [5.41, 5.74) is 5.10. The van der Waals surface area contributed by atoms with Crippen LogP contribution >= 0.6 is 0 Å². The second-order valence-electron chi connectivity index (χ2n) is 8.46. The quantitative estimate of drug-likeness (QED) is 0.854. The van der Waals surface area contributed by atoms with Crippen molar-refractivity contribution in [1.29, 1.82) is 0 Å². The molecule has 0 spiro atoms. The first-order chi connectivity index (χ1) is 11.3. The first kappa shape index (κ1) is 17.2. The number of rotatable bonds is 3. The van der Waals surface area contributed by atoms with Gasteiger partial charge in [0.05, 0.1) is 6.20 Å². The molecule has 2 aromatic heterocycles. The number of aromatic nitrogens is 3. The topological polar surface area (TPSA) is 34.0 Å². The number of hydrogen-bond donors (Lipinski definition) is 0. The average Bonchev–Trinajstić information content (AvgIpc) is 2.92. The predicted molar refractivity (Wildman–Crippen MR) is 99.0 cm³/mol. The van der Waals surface area contributed by atoms with Crippen molar-refractivity contribution in [1.82, 2.24) is 19.7 Å². The Morgan fingerprint density at radius 3 is 2.67 bits per heavy atom. The Hall–Kier alpha value is -1.68. The van der Waals surface area contributed by atoms with E-state index in [2.05, 4.69) is 56.0 Å². The highest BCUT2D eigenvalue weighted by Crippen LogP contribution is 2.30.